The van der Waals surface area contributed by atoms with Gasteiger partial charge >= 0.3 is 7.12 Å². The van der Waals surface area contributed by atoms with Gasteiger partial charge in [0.2, 0.25) is 0 Å². The number of benzene rings is 4. The minimum Gasteiger partial charge on any atom is -0.508 e. The van der Waals surface area contributed by atoms with Gasteiger partial charge in [0.05, 0.1) is 48.3 Å². The maximum absolute atomic E-state index is 13.9. The quantitative estimate of drug-likeness (QED) is 0.0366. The van der Waals surface area contributed by atoms with Gasteiger partial charge in [0.15, 0.2) is 30.5 Å². The Bertz CT molecular complexity index is 3410. The summed E-state index contributed by atoms with van der Waals surface area (Å²) in [5.74, 6) is 3.50. The van der Waals surface area contributed by atoms with E-state index in [0.717, 1.165) is 94.7 Å². The summed E-state index contributed by atoms with van der Waals surface area (Å²) in [5.41, 5.74) is 4.02. The molecule has 0 spiro atoms. The summed E-state index contributed by atoms with van der Waals surface area (Å²) in [4.78, 5) is 54.6. The van der Waals surface area contributed by atoms with Crippen molar-refractivity contribution in [2.45, 2.75) is 87.1 Å². The Morgan fingerprint density at radius 3 is 1.59 bits per heavy atom. The molecule has 5 aromatic heterocycles. The van der Waals surface area contributed by atoms with Crippen LogP contribution in [0.2, 0.25) is 5.02 Å². The number of carbonyl (C=O) groups is 3. The highest BCUT2D eigenvalue weighted by molar-refractivity contribution is 9.10. The van der Waals surface area contributed by atoms with Crippen molar-refractivity contribution in [3.63, 3.8) is 0 Å². The number of aryl methyl sites for hydroxylation is 1. The highest BCUT2D eigenvalue weighted by atomic mass is 79.9. The third-order valence-corrected chi connectivity index (χ3v) is 13.3. The number of aliphatic hydroxyl groups is 2. The summed E-state index contributed by atoms with van der Waals surface area (Å²) in [5, 5.41) is 52.7. The van der Waals surface area contributed by atoms with E-state index in [1.807, 2.05) is 80.0 Å². The van der Waals surface area contributed by atoms with Gasteiger partial charge in [0.1, 0.15) is 68.7 Å². The lowest BCUT2D eigenvalue weighted by Crippen LogP contribution is -2.29. The zero-order valence-corrected chi connectivity index (χ0v) is 50.7. The van der Waals surface area contributed by atoms with Crippen LogP contribution in [0.5, 0.6) is 23.0 Å². The molecule has 9 rings (SSSR count). The molecular formula is C57H66BBr2ClFN11O10. The first-order valence-electron chi connectivity index (χ1n) is 25.8. The minimum absolute atomic E-state index is 0.000556. The first-order valence-corrected chi connectivity index (χ1v) is 27.8. The van der Waals surface area contributed by atoms with Crippen molar-refractivity contribution in [3.8, 4) is 45.5 Å². The van der Waals surface area contributed by atoms with Gasteiger partial charge in [-0.15, -0.1) is 0 Å². The van der Waals surface area contributed by atoms with Crippen molar-refractivity contribution >= 4 is 74.9 Å². The van der Waals surface area contributed by atoms with Gasteiger partial charge in [-0.2, -0.15) is 0 Å². The molecule has 4 aromatic carbocycles. The molecule has 26 heteroatoms. The molecular weight excluding hydrogens is 1220 g/mol. The van der Waals surface area contributed by atoms with Crippen LogP contribution in [0, 0.1) is 5.82 Å². The van der Waals surface area contributed by atoms with Gasteiger partial charge in [-0.25, -0.2) is 29.3 Å². The third-order valence-electron chi connectivity index (χ3n) is 11.8. The maximum atomic E-state index is 13.9. The fourth-order valence-electron chi connectivity index (χ4n) is 7.72. The molecule has 5 heterocycles. The zero-order chi connectivity index (χ0) is 61.2. The van der Waals surface area contributed by atoms with Gasteiger partial charge in [0, 0.05) is 67.3 Å². The number of phenolic OH excluding ortho intramolecular Hbond substituents is 2. The van der Waals surface area contributed by atoms with E-state index >= 15 is 0 Å². The number of aliphatic hydroxyl groups excluding tert-OH is 2. The summed E-state index contributed by atoms with van der Waals surface area (Å²) < 4.78 is 30.9. The highest BCUT2D eigenvalue weighted by Crippen LogP contribution is 2.32. The van der Waals surface area contributed by atoms with Gasteiger partial charge in [-0.05, 0) is 153 Å². The van der Waals surface area contributed by atoms with Gasteiger partial charge in [0.25, 0.3) is 0 Å². The second kappa shape index (κ2) is 34.7. The van der Waals surface area contributed by atoms with Crippen LogP contribution in [0.15, 0.2) is 131 Å². The van der Waals surface area contributed by atoms with Crippen LogP contribution in [-0.4, -0.2) is 123 Å². The number of hydrogen-bond acceptors (Lipinski definition) is 16. The van der Waals surface area contributed by atoms with Crippen molar-refractivity contribution < 1.29 is 54.0 Å². The number of halogens is 4. The summed E-state index contributed by atoms with van der Waals surface area (Å²) in [7, 11) is 2.56. The first kappa shape index (κ1) is 67.9. The van der Waals surface area contributed by atoms with E-state index in [2.05, 4.69) is 73.2 Å². The van der Waals surface area contributed by atoms with Crippen molar-refractivity contribution in [1.29, 1.82) is 0 Å². The largest absolute Gasteiger partial charge is 0.508 e. The van der Waals surface area contributed by atoms with Crippen molar-refractivity contribution in [2.75, 3.05) is 14.1 Å². The number of imidazole rings is 5. The lowest BCUT2D eigenvalue weighted by molar-refractivity contribution is 0.110. The summed E-state index contributed by atoms with van der Waals surface area (Å²) >= 11 is 12.4. The molecule has 83 heavy (non-hydrogen) atoms. The Morgan fingerprint density at radius 1 is 0.614 bits per heavy atom. The molecule has 0 aliphatic heterocycles. The van der Waals surface area contributed by atoms with E-state index in [4.69, 9.17) is 41.7 Å². The molecule has 0 amide bonds. The molecule has 21 nitrogen and oxygen atoms in total. The van der Waals surface area contributed by atoms with Crippen molar-refractivity contribution in [3.05, 3.63) is 177 Å². The number of phenols is 2. The second-order valence-corrected chi connectivity index (χ2v) is 19.5. The first-order chi connectivity index (χ1) is 39.8. The number of aromatic hydroxyl groups is 2. The van der Waals surface area contributed by atoms with Crippen LogP contribution in [0.25, 0.3) is 22.5 Å². The Kier molecular flexibility index (Phi) is 28.4. The molecule has 0 fully saturated rings. The summed E-state index contributed by atoms with van der Waals surface area (Å²) in [6.07, 6.45) is 12.3. The molecule has 0 aliphatic carbocycles. The van der Waals surface area contributed by atoms with E-state index in [9.17, 15) is 23.9 Å². The average Bonchev–Trinajstić information content (AvgIpc) is 4.55. The van der Waals surface area contributed by atoms with E-state index in [-0.39, 0.29) is 41.0 Å². The molecule has 0 radical (unpaired) electrons. The van der Waals surface area contributed by atoms with E-state index in [1.165, 1.54) is 30.3 Å². The van der Waals surface area contributed by atoms with Crippen LogP contribution in [0.1, 0.15) is 83.7 Å². The molecule has 0 bridgehead atoms. The molecule has 440 valence electrons. The zero-order valence-electron chi connectivity index (χ0n) is 46.8. The van der Waals surface area contributed by atoms with Gasteiger partial charge in [-0.3, -0.25) is 14.4 Å². The lowest BCUT2D eigenvalue weighted by Gasteiger charge is -2.13. The fourth-order valence-corrected chi connectivity index (χ4v) is 9.01. The van der Waals surface area contributed by atoms with Crippen LogP contribution < -0.4 is 10.2 Å². The number of carbonyl (C=O) groups excluding carboxylic acids is 3. The van der Waals surface area contributed by atoms with Crippen molar-refractivity contribution in [2.24, 2.45) is 0 Å². The molecule has 6 N–H and O–H groups in total. The summed E-state index contributed by atoms with van der Waals surface area (Å²) in [6.45, 7) is 14.7. The van der Waals surface area contributed by atoms with Crippen LogP contribution in [0.4, 0.5) is 4.39 Å². The number of ether oxygens (including phenoxy) is 1. The van der Waals surface area contributed by atoms with Gasteiger partial charge < -0.3 is 62.9 Å². The lowest BCUT2D eigenvalue weighted by atomic mass is 9.80. The van der Waals surface area contributed by atoms with Crippen LogP contribution in [-0.2, 0) is 52.5 Å². The normalized spacial score (nSPS) is 10.4. The molecule has 9 aromatic rings. The monoisotopic (exact) mass is 1290 g/mol. The minimum atomic E-state index is -1.46. The molecule has 0 saturated carbocycles. The summed E-state index contributed by atoms with van der Waals surface area (Å²) in [6, 6.07) is 22.3. The predicted molar refractivity (Wildman–Crippen MR) is 322 cm³/mol. The highest BCUT2D eigenvalue weighted by Gasteiger charge is 2.15. The Balaban J connectivity index is 0.000000229. The smallest absolute Gasteiger partial charge is 0.488 e. The number of nitrogens with zero attached hydrogens (tertiary/aromatic N) is 11. The van der Waals surface area contributed by atoms with Gasteiger partial charge in [-0.1, -0.05) is 23.7 Å². The number of aromatic nitrogens is 10. The SMILES string of the molecule is CCn1c(-c2ccc(O)cc2)cnc1C=O.CCn1c(-c2ccc(Oc3cc(Cl)cc(F)c3C=O)cc2)cnc1CN(C)C.CCn1c(Br)cnc1C=O.CCn1c(Br)cnc1CO.CCn1ccnc1CO.OB(O)c1ccc(O)cc1. The van der Waals surface area contributed by atoms with E-state index in [0.29, 0.717) is 41.5 Å². The Morgan fingerprint density at radius 2 is 1.11 bits per heavy atom. The Hall–Kier alpha value is -7.62. The average molecular weight is 1290 g/mol. The number of aldehydes is 3. The van der Waals surface area contributed by atoms with Crippen molar-refractivity contribution in [1.82, 2.24) is 52.7 Å². The van der Waals surface area contributed by atoms with E-state index in [1.54, 1.807) is 65.8 Å². The number of hydrogen-bond donors (Lipinski definition) is 6. The molecule has 0 saturated heterocycles. The van der Waals surface area contributed by atoms with E-state index < -0.39 is 12.9 Å². The fraction of sp³-hybridized carbons (Fsp3) is 0.263. The molecule has 0 aliphatic rings. The molecule has 0 atom stereocenters. The topological polar surface area (TPSA) is 274 Å². The molecule has 0 unspecified atom stereocenters. The third kappa shape index (κ3) is 19.8. The predicted octanol–water partition coefficient (Wildman–Crippen LogP) is 9.22. The standard InChI is InChI=1S/C21H21ClFN3O2.C12H12N2O2.C6H7BO3.C6H9BrN2O.C6H7BrN2O.C6H10N2O/c1-4-26-19(11-24-21(26)12-25(2)3)14-5-7-16(8-6-14)28-20-10-15(22)9-18(23)17(20)13-27;1-2-14-11(7-13-12(14)8-15)9-3-5-10(16)6-4-9;8-6-3-1-5(2-4-6)7(9)10;2*1-2-9-5(7)3-8-6(9)4-10;1-2-8-4-3-7-6(8)5-9/h5-11,13H,4,12H2,1-3H3;3-8,16H,2H2,1H3;1-4,8-10H;3,10H,2,4H2,1H3;3-4H,2H2,1H3;3-4,9H,2,5H2,1H3. The van der Waals surface area contributed by atoms with Crippen LogP contribution >= 0.6 is 43.5 Å². The second-order valence-electron chi connectivity index (χ2n) is 17.4. The maximum Gasteiger partial charge on any atom is 0.488 e. The van der Waals surface area contributed by atoms with Crippen LogP contribution in [0.3, 0.4) is 0 Å². The Labute approximate surface area is 502 Å². The number of rotatable bonds is 17.